The van der Waals surface area contributed by atoms with Crippen LogP contribution in [0.2, 0.25) is 0 Å². The van der Waals surface area contributed by atoms with E-state index in [0.29, 0.717) is 11.5 Å². The van der Waals surface area contributed by atoms with E-state index in [1.165, 1.54) is 0 Å². The Hall–Kier alpha value is -1.38. The van der Waals surface area contributed by atoms with Gasteiger partial charge in [-0.15, -0.1) is 0 Å². The lowest BCUT2D eigenvalue weighted by Gasteiger charge is -2.09. The summed E-state index contributed by atoms with van der Waals surface area (Å²) in [5.74, 6) is 0.563. The van der Waals surface area contributed by atoms with Gasteiger partial charge in [-0.1, -0.05) is 13.8 Å². The summed E-state index contributed by atoms with van der Waals surface area (Å²) >= 11 is 0. The summed E-state index contributed by atoms with van der Waals surface area (Å²) in [4.78, 5) is 14.5. The summed E-state index contributed by atoms with van der Waals surface area (Å²) in [5, 5.41) is 3.19. The topological polar surface area (TPSA) is 42.0 Å². The zero-order chi connectivity index (χ0) is 9.68. The number of hydrogen-bond donors (Lipinski definition) is 1. The molecule has 1 rings (SSSR count). The zero-order valence-corrected chi connectivity index (χ0v) is 7.95. The number of hydrogen-bond acceptors (Lipinski definition) is 3. The Labute approximate surface area is 78.2 Å². The molecule has 0 bridgehead atoms. The maximum atomic E-state index is 10.6. The van der Waals surface area contributed by atoms with Gasteiger partial charge in [-0.2, -0.15) is 0 Å². The average molecular weight is 178 g/mol. The third-order valence-corrected chi connectivity index (χ3v) is 1.68. The first-order valence-electron chi connectivity index (χ1n) is 4.37. The highest BCUT2D eigenvalue weighted by Gasteiger charge is 2.00. The molecule has 0 aliphatic carbocycles. The summed E-state index contributed by atoms with van der Waals surface area (Å²) < 4.78 is 0. The number of aldehydes is 1. The first kappa shape index (κ1) is 9.71. The van der Waals surface area contributed by atoms with E-state index in [-0.39, 0.29) is 0 Å². The van der Waals surface area contributed by atoms with Crippen LogP contribution in [0.4, 0.5) is 5.69 Å². The van der Waals surface area contributed by atoms with Crippen LogP contribution in [0.15, 0.2) is 18.5 Å². The van der Waals surface area contributed by atoms with Gasteiger partial charge in [-0.05, 0) is 12.0 Å². The lowest BCUT2D eigenvalue weighted by molar-refractivity contribution is 0.112. The number of carbonyl (C=O) groups excluding carboxylic acids is 1. The molecule has 0 saturated carbocycles. The molecule has 1 heterocycles. The van der Waals surface area contributed by atoms with Crippen LogP contribution in [0.1, 0.15) is 24.2 Å². The standard InChI is InChI=1S/C10H14N2O/c1-8(2)5-12-10-3-4-11-6-9(10)7-13/h3-4,6-8H,5H2,1-2H3,(H,11,12). The summed E-state index contributed by atoms with van der Waals surface area (Å²) in [6.45, 7) is 5.11. The Kier molecular flexibility index (Phi) is 3.43. The summed E-state index contributed by atoms with van der Waals surface area (Å²) in [7, 11) is 0. The molecule has 0 unspecified atom stereocenters. The minimum Gasteiger partial charge on any atom is -0.384 e. The van der Waals surface area contributed by atoms with Crippen molar-refractivity contribution in [2.45, 2.75) is 13.8 Å². The van der Waals surface area contributed by atoms with Crippen molar-refractivity contribution in [1.82, 2.24) is 4.98 Å². The second kappa shape index (κ2) is 4.60. The predicted octanol–water partition coefficient (Wildman–Crippen LogP) is 1.96. The quantitative estimate of drug-likeness (QED) is 0.716. The number of pyridine rings is 1. The van der Waals surface area contributed by atoms with Crippen molar-refractivity contribution in [1.29, 1.82) is 0 Å². The van der Waals surface area contributed by atoms with Gasteiger partial charge in [0.05, 0.1) is 5.56 Å². The SMILES string of the molecule is CC(C)CNc1ccncc1C=O. The van der Waals surface area contributed by atoms with Gasteiger partial charge in [0.2, 0.25) is 0 Å². The van der Waals surface area contributed by atoms with Crippen molar-refractivity contribution < 1.29 is 4.79 Å². The fraction of sp³-hybridized carbons (Fsp3) is 0.400. The first-order valence-corrected chi connectivity index (χ1v) is 4.37. The molecule has 1 aromatic heterocycles. The van der Waals surface area contributed by atoms with Crippen LogP contribution in [-0.4, -0.2) is 17.8 Å². The maximum absolute atomic E-state index is 10.6. The molecular formula is C10H14N2O. The Morgan fingerprint density at radius 3 is 3.00 bits per heavy atom. The number of aromatic nitrogens is 1. The highest BCUT2D eigenvalue weighted by atomic mass is 16.1. The van der Waals surface area contributed by atoms with E-state index in [4.69, 9.17) is 0 Å². The molecule has 70 valence electrons. The lowest BCUT2D eigenvalue weighted by Crippen LogP contribution is -2.09. The van der Waals surface area contributed by atoms with Gasteiger partial charge in [0.25, 0.3) is 0 Å². The van der Waals surface area contributed by atoms with Crippen LogP contribution in [0.25, 0.3) is 0 Å². The van der Waals surface area contributed by atoms with E-state index in [2.05, 4.69) is 24.1 Å². The molecule has 3 heteroatoms. The Balaban J connectivity index is 2.69. The van der Waals surface area contributed by atoms with Crippen LogP contribution < -0.4 is 5.32 Å². The van der Waals surface area contributed by atoms with Crippen LogP contribution in [0.3, 0.4) is 0 Å². The van der Waals surface area contributed by atoms with Gasteiger partial charge in [0.15, 0.2) is 6.29 Å². The van der Waals surface area contributed by atoms with Gasteiger partial charge >= 0.3 is 0 Å². The maximum Gasteiger partial charge on any atom is 0.153 e. The minimum atomic E-state index is 0.563. The third-order valence-electron chi connectivity index (χ3n) is 1.68. The number of nitrogens with zero attached hydrogens (tertiary/aromatic N) is 1. The van der Waals surface area contributed by atoms with Gasteiger partial charge in [0, 0.05) is 24.6 Å². The Bertz CT molecular complexity index is 284. The van der Waals surface area contributed by atoms with Gasteiger partial charge in [-0.25, -0.2) is 0 Å². The minimum absolute atomic E-state index is 0.563. The van der Waals surface area contributed by atoms with E-state index in [1.54, 1.807) is 12.4 Å². The Morgan fingerprint density at radius 1 is 1.62 bits per heavy atom. The fourth-order valence-electron chi connectivity index (χ4n) is 0.976. The van der Waals surface area contributed by atoms with Crippen molar-refractivity contribution in [3.8, 4) is 0 Å². The van der Waals surface area contributed by atoms with E-state index in [0.717, 1.165) is 18.5 Å². The molecule has 0 amide bonds. The molecule has 13 heavy (non-hydrogen) atoms. The van der Waals surface area contributed by atoms with Crippen LogP contribution in [-0.2, 0) is 0 Å². The highest BCUT2D eigenvalue weighted by molar-refractivity contribution is 5.83. The predicted molar refractivity (Wildman–Crippen MR) is 53.0 cm³/mol. The van der Waals surface area contributed by atoms with Crippen LogP contribution >= 0.6 is 0 Å². The smallest absolute Gasteiger partial charge is 0.153 e. The van der Waals surface area contributed by atoms with Gasteiger partial charge in [0.1, 0.15) is 0 Å². The van der Waals surface area contributed by atoms with E-state index in [1.807, 2.05) is 6.07 Å². The molecule has 0 atom stereocenters. The number of carbonyl (C=O) groups is 1. The molecule has 0 aliphatic heterocycles. The first-order chi connectivity index (χ1) is 6.24. The van der Waals surface area contributed by atoms with E-state index >= 15 is 0 Å². The number of anilines is 1. The molecule has 0 radical (unpaired) electrons. The van der Waals surface area contributed by atoms with E-state index in [9.17, 15) is 4.79 Å². The summed E-state index contributed by atoms with van der Waals surface area (Å²) in [6.07, 6.45) is 4.06. The molecule has 0 aliphatic rings. The second-order valence-corrected chi connectivity index (χ2v) is 3.36. The molecule has 1 N–H and O–H groups in total. The molecule has 0 aromatic carbocycles. The molecule has 0 fully saturated rings. The highest BCUT2D eigenvalue weighted by Crippen LogP contribution is 2.11. The monoisotopic (exact) mass is 178 g/mol. The fourth-order valence-corrected chi connectivity index (χ4v) is 0.976. The van der Waals surface area contributed by atoms with Crippen molar-refractivity contribution in [3.63, 3.8) is 0 Å². The van der Waals surface area contributed by atoms with E-state index < -0.39 is 0 Å². The normalized spacial score (nSPS) is 10.1. The van der Waals surface area contributed by atoms with Gasteiger partial charge in [-0.3, -0.25) is 9.78 Å². The average Bonchev–Trinajstić information content (AvgIpc) is 2.15. The summed E-state index contributed by atoms with van der Waals surface area (Å²) in [6, 6.07) is 1.81. The second-order valence-electron chi connectivity index (χ2n) is 3.36. The molecular weight excluding hydrogens is 164 g/mol. The van der Waals surface area contributed by atoms with Gasteiger partial charge < -0.3 is 5.32 Å². The zero-order valence-electron chi connectivity index (χ0n) is 7.95. The third kappa shape index (κ3) is 2.86. The molecule has 0 spiro atoms. The van der Waals surface area contributed by atoms with Crippen LogP contribution in [0, 0.1) is 5.92 Å². The molecule has 1 aromatic rings. The summed E-state index contributed by atoms with van der Waals surface area (Å²) in [5.41, 5.74) is 1.47. The lowest BCUT2D eigenvalue weighted by atomic mass is 10.2. The van der Waals surface area contributed by atoms with Crippen LogP contribution in [0.5, 0.6) is 0 Å². The number of rotatable bonds is 4. The number of nitrogens with one attached hydrogen (secondary N) is 1. The largest absolute Gasteiger partial charge is 0.384 e. The van der Waals surface area contributed by atoms with Crippen molar-refractivity contribution in [2.75, 3.05) is 11.9 Å². The molecule has 3 nitrogen and oxygen atoms in total. The Morgan fingerprint density at radius 2 is 2.38 bits per heavy atom. The van der Waals surface area contributed by atoms with Crippen molar-refractivity contribution >= 4 is 12.0 Å². The van der Waals surface area contributed by atoms with Crippen molar-refractivity contribution in [2.24, 2.45) is 5.92 Å². The van der Waals surface area contributed by atoms with Crippen molar-refractivity contribution in [3.05, 3.63) is 24.0 Å². The molecule has 0 saturated heterocycles.